The summed E-state index contributed by atoms with van der Waals surface area (Å²) in [4.78, 5) is 14.5. The third-order valence-electron chi connectivity index (χ3n) is 6.22. The van der Waals surface area contributed by atoms with Crippen LogP contribution in [0.25, 0.3) is 0 Å². The van der Waals surface area contributed by atoms with Crippen LogP contribution in [0.4, 0.5) is 0 Å². The molecule has 0 saturated heterocycles. The lowest BCUT2D eigenvalue weighted by Crippen LogP contribution is -2.56. The Morgan fingerprint density at radius 1 is 1.19 bits per heavy atom. The minimum Gasteiger partial charge on any atom is -0.344 e. The molecule has 4 saturated carbocycles. The van der Waals surface area contributed by atoms with Gasteiger partial charge >= 0.3 is 0 Å². The Bertz CT molecular complexity index is 428. The predicted molar refractivity (Wildman–Crippen MR) is 87.4 cm³/mol. The number of nitrogens with zero attached hydrogens (tertiary/aromatic N) is 1. The van der Waals surface area contributed by atoms with Gasteiger partial charge in [-0.2, -0.15) is 0 Å². The van der Waals surface area contributed by atoms with Gasteiger partial charge in [-0.15, -0.1) is 11.6 Å². The third kappa shape index (κ3) is 2.98. The summed E-state index contributed by atoms with van der Waals surface area (Å²) >= 11 is 6.04. The second-order valence-corrected chi connectivity index (χ2v) is 10.1. The molecule has 4 fully saturated rings. The number of carbonyl (C=O) groups is 1. The van der Waals surface area contributed by atoms with Crippen LogP contribution in [-0.2, 0) is 4.79 Å². The number of hydrogen-bond acceptors (Lipinski definition) is 1. The maximum absolute atomic E-state index is 12.6. The van der Waals surface area contributed by atoms with Crippen LogP contribution in [0, 0.1) is 22.2 Å². The third-order valence-corrected chi connectivity index (χ3v) is 6.36. The van der Waals surface area contributed by atoms with Crippen LogP contribution in [0.2, 0.25) is 0 Å². The van der Waals surface area contributed by atoms with Crippen molar-refractivity contribution in [2.75, 3.05) is 13.6 Å². The predicted octanol–water partition coefficient (Wildman–Crippen LogP) is 4.46. The number of halogens is 1. The van der Waals surface area contributed by atoms with Crippen molar-refractivity contribution >= 4 is 17.5 Å². The molecule has 0 aromatic rings. The maximum atomic E-state index is 12.6. The summed E-state index contributed by atoms with van der Waals surface area (Å²) in [5.41, 5.74) is 1.27. The number of amides is 1. The highest BCUT2D eigenvalue weighted by Gasteiger charge is 2.60. The van der Waals surface area contributed by atoms with Crippen molar-refractivity contribution in [3.05, 3.63) is 0 Å². The SMILES string of the molecule is CC(Cl)CN(C)C(=O)CC12CC3CC(C)(CC(C)(C3)C1)C2. The smallest absolute Gasteiger partial charge is 0.222 e. The van der Waals surface area contributed by atoms with E-state index >= 15 is 0 Å². The summed E-state index contributed by atoms with van der Waals surface area (Å²) in [6.45, 7) is 7.56. The molecule has 4 aliphatic rings. The topological polar surface area (TPSA) is 20.3 Å². The molecule has 120 valence electrons. The van der Waals surface area contributed by atoms with Crippen LogP contribution in [-0.4, -0.2) is 29.8 Å². The molecule has 3 unspecified atom stereocenters. The molecule has 0 aromatic carbocycles. The van der Waals surface area contributed by atoms with Gasteiger partial charge in [0, 0.05) is 25.4 Å². The Labute approximate surface area is 134 Å². The van der Waals surface area contributed by atoms with Crippen LogP contribution >= 0.6 is 11.6 Å². The molecule has 1 amide bonds. The number of hydrogen-bond donors (Lipinski definition) is 0. The molecule has 2 nitrogen and oxygen atoms in total. The van der Waals surface area contributed by atoms with Gasteiger partial charge in [-0.25, -0.2) is 0 Å². The van der Waals surface area contributed by atoms with Crippen molar-refractivity contribution in [2.24, 2.45) is 22.2 Å². The minimum atomic E-state index is 0.0327. The number of carbonyl (C=O) groups excluding carboxylic acids is 1. The zero-order chi connectivity index (χ0) is 15.5. The second-order valence-electron chi connectivity index (χ2n) is 9.36. The van der Waals surface area contributed by atoms with Gasteiger partial charge in [0.05, 0.1) is 0 Å². The lowest BCUT2D eigenvalue weighted by atomic mass is 9.40. The van der Waals surface area contributed by atoms with E-state index in [9.17, 15) is 4.79 Å². The molecule has 4 rings (SSSR count). The van der Waals surface area contributed by atoms with Crippen molar-refractivity contribution in [2.45, 2.75) is 71.1 Å². The van der Waals surface area contributed by atoms with Crippen LogP contribution < -0.4 is 0 Å². The average Bonchev–Trinajstić information content (AvgIpc) is 2.21. The summed E-state index contributed by atoms with van der Waals surface area (Å²) in [5.74, 6) is 1.16. The zero-order valence-electron chi connectivity index (χ0n) is 14.0. The van der Waals surface area contributed by atoms with E-state index in [1.807, 2.05) is 18.9 Å². The summed E-state index contributed by atoms with van der Waals surface area (Å²) in [5, 5.41) is 0.0327. The van der Waals surface area contributed by atoms with Crippen molar-refractivity contribution in [3.63, 3.8) is 0 Å². The van der Waals surface area contributed by atoms with Gasteiger partial charge in [0.25, 0.3) is 0 Å². The molecule has 4 bridgehead atoms. The fraction of sp³-hybridized carbons (Fsp3) is 0.944. The van der Waals surface area contributed by atoms with E-state index in [1.165, 1.54) is 38.5 Å². The molecule has 0 aromatic heterocycles. The monoisotopic (exact) mass is 311 g/mol. The average molecular weight is 312 g/mol. The summed E-state index contributed by atoms with van der Waals surface area (Å²) < 4.78 is 0. The second kappa shape index (κ2) is 4.88. The first-order valence-corrected chi connectivity index (χ1v) is 8.95. The molecule has 0 spiro atoms. The fourth-order valence-electron chi connectivity index (χ4n) is 6.82. The first-order valence-electron chi connectivity index (χ1n) is 8.51. The molecule has 0 N–H and O–H groups in total. The Morgan fingerprint density at radius 3 is 2.24 bits per heavy atom. The van der Waals surface area contributed by atoms with Gasteiger partial charge in [0.15, 0.2) is 0 Å². The fourth-order valence-corrected chi connectivity index (χ4v) is 7.02. The lowest BCUT2D eigenvalue weighted by molar-refractivity contribution is -0.160. The highest BCUT2D eigenvalue weighted by Crippen LogP contribution is 2.70. The molecule has 3 heteroatoms. The molecule has 4 aliphatic carbocycles. The maximum Gasteiger partial charge on any atom is 0.222 e. The number of rotatable bonds is 4. The van der Waals surface area contributed by atoms with E-state index < -0.39 is 0 Å². The van der Waals surface area contributed by atoms with Crippen molar-refractivity contribution in [3.8, 4) is 0 Å². The number of alkyl halides is 1. The molecule has 3 atom stereocenters. The van der Waals surface area contributed by atoms with E-state index in [-0.39, 0.29) is 10.8 Å². The Kier molecular flexibility index (Phi) is 3.63. The lowest BCUT2D eigenvalue weighted by Gasteiger charge is -2.65. The van der Waals surface area contributed by atoms with Gasteiger partial charge in [0.2, 0.25) is 5.91 Å². The summed E-state index contributed by atoms with van der Waals surface area (Å²) in [6.07, 6.45) is 8.73. The van der Waals surface area contributed by atoms with Gasteiger partial charge in [-0.1, -0.05) is 13.8 Å². The van der Waals surface area contributed by atoms with E-state index in [2.05, 4.69) is 13.8 Å². The molecular weight excluding hydrogens is 282 g/mol. The largest absolute Gasteiger partial charge is 0.344 e. The van der Waals surface area contributed by atoms with E-state index in [0.717, 1.165) is 12.3 Å². The standard InChI is InChI=1S/C18H30ClNO/c1-13(19)9-20(4)15(21)8-18-7-14-5-16(2,11-18)10-17(3,6-14)12-18/h13-14H,5-12H2,1-4H3. The van der Waals surface area contributed by atoms with Gasteiger partial charge < -0.3 is 4.90 Å². The van der Waals surface area contributed by atoms with Gasteiger partial charge in [0.1, 0.15) is 0 Å². The first kappa shape index (κ1) is 15.6. The Morgan fingerprint density at radius 2 is 1.76 bits per heavy atom. The van der Waals surface area contributed by atoms with Crippen LogP contribution in [0.1, 0.15) is 65.7 Å². The van der Waals surface area contributed by atoms with Crippen molar-refractivity contribution in [1.82, 2.24) is 4.90 Å². The normalized spacial score (nSPS) is 45.7. The quantitative estimate of drug-likeness (QED) is 0.702. The van der Waals surface area contributed by atoms with E-state index in [1.54, 1.807) is 0 Å². The van der Waals surface area contributed by atoms with Crippen molar-refractivity contribution < 1.29 is 4.79 Å². The van der Waals surface area contributed by atoms with Crippen molar-refractivity contribution in [1.29, 1.82) is 0 Å². The molecular formula is C18H30ClNO. The van der Waals surface area contributed by atoms with E-state index in [0.29, 0.717) is 23.3 Å². The van der Waals surface area contributed by atoms with Crippen LogP contribution in [0.3, 0.4) is 0 Å². The summed E-state index contributed by atoms with van der Waals surface area (Å²) in [7, 11) is 1.91. The zero-order valence-corrected chi connectivity index (χ0v) is 14.8. The first-order chi connectivity index (χ1) is 9.63. The summed E-state index contributed by atoms with van der Waals surface area (Å²) in [6, 6.07) is 0. The van der Waals surface area contributed by atoms with Crippen LogP contribution in [0.15, 0.2) is 0 Å². The van der Waals surface area contributed by atoms with Gasteiger partial charge in [-0.05, 0) is 67.6 Å². The van der Waals surface area contributed by atoms with Crippen LogP contribution in [0.5, 0.6) is 0 Å². The highest BCUT2D eigenvalue weighted by atomic mass is 35.5. The Balaban J connectivity index is 1.74. The molecule has 21 heavy (non-hydrogen) atoms. The molecule has 0 heterocycles. The molecule has 0 radical (unpaired) electrons. The van der Waals surface area contributed by atoms with E-state index in [4.69, 9.17) is 11.6 Å². The Hall–Kier alpha value is -0.240. The molecule has 0 aliphatic heterocycles. The van der Waals surface area contributed by atoms with Gasteiger partial charge in [-0.3, -0.25) is 4.79 Å². The minimum absolute atomic E-state index is 0.0327. The highest BCUT2D eigenvalue weighted by molar-refractivity contribution is 6.20.